The predicted molar refractivity (Wildman–Crippen MR) is 151 cm³/mol. The van der Waals surface area contributed by atoms with Gasteiger partial charge in [-0.3, -0.25) is 0 Å². The van der Waals surface area contributed by atoms with E-state index in [1.807, 2.05) is 0 Å². The van der Waals surface area contributed by atoms with Crippen molar-refractivity contribution in [3.05, 3.63) is 58.8 Å². The Kier molecular flexibility index (Phi) is 8.98. The summed E-state index contributed by atoms with van der Waals surface area (Å²) in [5.74, 6) is 1.17. The zero-order chi connectivity index (χ0) is 28.2. The molecule has 2 aromatic carbocycles. The molecule has 9 heteroatoms. The second-order valence-electron chi connectivity index (χ2n) is 11.6. The van der Waals surface area contributed by atoms with Gasteiger partial charge in [-0.1, -0.05) is 32.0 Å². The van der Waals surface area contributed by atoms with E-state index in [-0.39, 0.29) is 11.5 Å². The molecule has 8 nitrogen and oxygen atoms in total. The third-order valence-corrected chi connectivity index (χ3v) is 8.01. The van der Waals surface area contributed by atoms with Crippen LogP contribution in [-0.2, 0) is 17.5 Å². The van der Waals surface area contributed by atoms with Gasteiger partial charge in [0.25, 0.3) is 0 Å². The minimum atomic E-state index is -1.03. The average molecular weight is 549 g/mol. The molecule has 1 amide bonds. The van der Waals surface area contributed by atoms with Crippen molar-refractivity contribution >= 4 is 26.1 Å². The van der Waals surface area contributed by atoms with Gasteiger partial charge in [-0.05, 0) is 86.0 Å². The third kappa shape index (κ3) is 7.00. The molecule has 0 saturated carbocycles. The van der Waals surface area contributed by atoms with E-state index in [9.17, 15) is 9.90 Å². The highest BCUT2D eigenvalue weighted by molar-refractivity contribution is 6.48. The molecule has 4 rings (SSSR count). The number of hydrogen-bond acceptors (Lipinski definition) is 6. The summed E-state index contributed by atoms with van der Waals surface area (Å²) in [7, 11) is -1.03. The molecule has 1 aromatic heterocycles. The van der Waals surface area contributed by atoms with E-state index in [4.69, 9.17) is 18.9 Å². The number of carboxylic acid groups (broad SMARTS) is 1. The zero-order valence-corrected chi connectivity index (χ0v) is 24.5. The van der Waals surface area contributed by atoms with E-state index in [0.717, 1.165) is 53.5 Å². The van der Waals surface area contributed by atoms with Crippen molar-refractivity contribution in [2.45, 2.75) is 72.3 Å². The molecule has 1 N–H and O–H groups in total. The third-order valence-electron chi connectivity index (χ3n) is 7.30. The molecule has 0 bridgehead atoms. The number of rotatable bonds is 9. The summed E-state index contributed by atoms with van der Waals surface area (Å²) < 4.78 is 18.8. The SMILES string of the molecule is C[Si](C)OC(c1c(COc2ccc(C#N)cc2)ccc2c(CCC3CCN(C(=O)O)CC3)noc12)C(C)(C)C. The molecule has 3 aromatic rings. The van der Waals surface area contributed by atoms with Gasteiger partial charge in [-0.2, -0.15) is 5.26 Å². The number of likely N-dealkylation sites (tertiary alicyclic amines) is 1. The quantitative estimate of drug-likeness (QED) is 0.288. The van der Waals surface area contributed by atoms with Crippen LogP contribution in [0.15, 0.2) is 40.9 Å². The number of nitriles is 1. The molecular formula is C30H38N3O5Si. The van der Waals surface area contributed by atoms with Crippen molar-refractivity contribution in [1.29, 1.82) is 5.26 Å². The van der Waals surface area contributed by atoms with Gasteiger partial charge < -0.3 is 23.7 Å². The lowest BCUT2D eigenvalue weighted by Gasteiger charge is -2.34. The first-order valence-corrected chi connectivity index (χ1v) is 15.9. The minimum absolute atomic E-state index is 0.190. The van der Waals surface area contributed by atoms with E-state index >= 15 is 0 Å². The van der Waals surface area contributed by atoms with Gasteiger partial charge >= 0.3 is 6.09 Å². The normalized spacial score (nSPS) is 15.5. The van der Waals surface area contributed by atoms with Gasteiger partial charge in [0.2, 0.25) is 9.04 Å². The summed E-state index contributed by atoms with van der Waals surface area (Å²) in [5, 5.41) is 23.8. The van der Waals surface area contributed by atoms with Crippen LogP contribution < -0.4 is 4.74 Å². The summed E-state index contributed by atoms with van der Waals surface area (Å²) in [6.07, 6.45) is 2.45. The Bertz CT molecular complexity index is 1320. The van der Waals surface area contributed by atoms with Gasteiger partial charge in [0.1, 0.15) is 12.4 Å². The van der Waals surface area contributed by atoms with Crippen LogP contribution in [0, 0.1) is 22.7 Å². The van der Waals surface area contributed by atoms with Gasteiger partial charge in [-0.15, -0.1) is 0 Å². The van der Waals surface area contributed by atoms with Crippen LogP contribution in [0.3, 0.4) is 0 Å². The van der Waals surface area contributed by atoms with Crippen LogP contribution in [0.2, 0.25) is 13.1 Å². The lowest BCUT2D eigenvalue weighted by Crippen LogP contribution is -2.37. The van der Waals surface area contributed by atoms with Gasteiger partial charge in [0, 0.05) is 24.0 Å². The number of fused-ring (bicyclic) bond motifs is 1. The Morgan fingerprint density at radius 1 is 1.21 bits per heavy atom. The fourth-order valence-electron chi connectivity index (χ4n) is 5.15. The number of carbonyl (C=O) groups is 1. The second-order valence-corrected chi connectivity index (χ2v) is 13.6. The minimum Gasteiger partial charge on any atom is -0.489 e. The fraction of sp³-hybridized carbons (Fsp3) is 0.500. The Balaban J connectivity index is 1.62. The molecule has 1 atom stereocenters. The molecule has 2 heterocycles. The first kappa shape index (κ1) is 28.6. The number of aromatic nitrogens is 1. The van der Waals surface area contributed by atoms with E-state index in [1.165, 1.54) is 4.90 Å². The molecule has 1 saturated heterocycles. The molecule has 1 fully saturated rings. The maximum absolute atomic E-state index is 11.2. The van der Waals surface area contributed by atoms with Crippen molar-refractivity contribution in [2.75, 3.05) is 13.1 Å². The molecule has 39 heavy (non-hydrogen) atoms. The first-order chi connectivity index (χ1) is 18.6. The van der Waals surface area contributed by atoms with Gasteiger partial charge in [0.05, 0.1) is 23.4 Å². The van der Waals surface area contributed by atoms with Crippen LogP contribution in [0.1, 0.15) is 68.5 Å². The fourth-order valence-corrected chi connectivity index (χ4v) is 6.10. The van der Waals surface area contributed by atoms with Crippen molar-refractivity contribution < 1.29 is 23.6 Å². The lowest BCUT2D eigenvalue weighted by atomic mass is 9.82. The number of benzene rings is 2. The van der Waals surface area contributed by atoms with Crippen LogP contribution >= 0.6 is 0 Å². The standard InChI is InChI=1S/C30H38N3O5Si/c1-30(2,3)28(38-39(4)5)26-22(19-36-23-10-6-21(18-31)7-11-23)9-12-24-25(32-37-27(24)26)13-8-20-14-16-33(17-15-20)29(34)35/h6-7,9-12,20,28H,8,13-17,19H2,1-5H3,(H,34,35). The summed E-state index contributed by atoms with van der Waals surface area (Å²) >= 11 is 0. The number of aryl methyl sites for hydroxylation is 1. The van der Waals surface area contributed by atoms with E-state index in [0.29, 0.717) is 36.9 Å². The average Bonchev–Trinajstić information content (AvgIpc) is 3.32. The lowest BCUT2D eigenvalue weighted by molar-refractivity contribution is 0.0848. The molecule has 0 spiro atoms. The summed E-state index contributed by atoms with van der Waals surface area (Å²) in [5.41, 5.74) is 4.04. The number of piperidine rings is 1. The topological polar surface area (TPSA) is 109 Å². The highest BCUT2D eigenvalue weighted by Crippen LogP contribution is 2.42. The number of amides is 1. The molecule has 0 aliphatic carbocycles. The van der Waals surface area contributed by atoms with Crippen LogP contribution in [0.4, 0.5) is 4.79 Å². The zero-order valence-electron chi connectivity index (χ0n) is 23.5. The highest BCUT2D eigenvalue weighted by atomic mass is 28.3. The second kappa shape index (κ2) is 12.2. The predicted octanol–water partition coefficient (Wildman–Crippen LogP) is 6.96. The Morgan fingerprint density at radius 3 is 2.49 bits per heavy atom. The van der Waals surface area contributed by atoms with Crippen LogP contribution in [0.25, 0.3) is 11.0 Å². The van der Waals surface area contributed by atoms with Crippen molar-refractivity contribution in [3.63, 3.8) is 0 Å². The van der Waals surface area contributed by atoms with Crippen molar-refractivity contribution in [2.24, 2.45) is 11.3 Å². The monoisotopic (exact) mass is 548 g/mol. The largest absolute Gasteiger partial charge is 0.489 e. The Labute approximate surface area is 232 Å². The number of ether oxygens (including phenoxy) is 1. The van der Waals surface area contributed by atoms with E-state index in [2.05, 4.69) is 57.2 Å². The number of nitrogens with zero attached hydrogens (tertiary/aromatic N) is 3. The molecule has 1 aliphatic rings. The van der Waals surface area contributed by atoms with Crippen LogP contribution in [-0.4, -0.2) is 43.4 Å². The van der Waals surface area contributed by atoms with Gasteiger partial charge in [-0.25, -0.2) is 4.79 Å². The maximum atomic E-state index is 11.2. The van der Waals surface area contributed by atoms with E-state index in [1.54, 1.807) is 24.3 Å². The Morgan fingerprint density at radius 2 is 1.90 bits per heavy atom. The van der Waals surface area contributed by atoms with Gasteiger partial charge in [0.15, 0.2) is 5.58 Å². The first-order valence-electron chi connectivity index (χ1n) is 13.5. The summed E-state index contributed by atoms with van der Waals surface area (Å²) in [6, 6.07) is 13.4. The summed E-state index contributed by atoms with van der Waals surface area (Å²) in [6.45, 7) is 12.3. The molecule has 1 radical (unpaired) electrons. The smallest absolute Gasteiger partial charge is 0.407 e. The highest BCUT2D eigenvalue weighted by Gasteiger charge is 2.34. The molecular weight excluding hydrogens is 510 g/mol. The molecule has 1 aliphatic heterocycles. The summed E-state index contributed by atoms with van der Waals surface area (Å²) in [4.78, 5) is 12.7. The molecule has 1 unspecified atom stereocenters. The Hall–Kier alpha value is -3.35. The molecule has 207 valence electrons. The van der Waals surface area contributed by atoms with Crippen molar-refractivity contribution in [3.8, 4) is 11.8 Å². The number of hydrogen-bond donors (Lipinski definition) is 1. The van der Waals surface area contributed by atoms with Crippen LogP contribution in [0.5, 0.6) is 5.75 Å². The van der Waals surface area contributed by atoms with Crippen molar-refractivity contribution in [1.82, 2.24) is 10.1 Å². The maximum Gasteiger partial charge on any atom is 0.407 e. The van der Waals surface area contributed by atoms with E-state index < -0.39 is 15.1 Å².